The predicted molar refractivity (Wildman–Crippen MR) is 207 cm³/mol. The molecule has 0 bridgehead atoms. The zero-order valence-electron chi connectivity index (χ0n) is 27.1. The molecule has 0 saturated carbocycles. The van der Waals surface area contributed by atoms with E-state index >= 15 is 0 Å². The van der Waals surface area contributed by atoms with Crippen molar-refractivity contribution in [3.05, 3.63) is 192 Å². The normalized spacial score (nSPS) is 16.1. The summed E-state index contributed by atoms with van der Waals surface area (Å²) in [4.78, 5) is 0. The maximum absolute atomic E-state index is 2.54. The second-order valence-corrected chi connectivity index (χ2v) is 13.9. The van der Waals surface area contributed by atoms with Crippen molar-refractivity contribution < 1.29 is 0 Å². The molecule has 0 aromatic heterocycles. The summed E-state index contributed by atoms with van der Waals surface area (Å²) >= 11 is 0. The van der Waals surface area contributed by atoms with Crippen LogP contribution >= 0.6 is 0 Å². The Morgan fingerprint density at radius 2 is 0.939 bits per heavy atom. The lowest BCUT2D eigenvalue weighted by Crippen LogP contribution is -2.23. The van der Waals surface area contributed by atoms with Gasteiger partial charge in [-0.05, 0) is 130 Å². The van der Waals surface area contributed by atoms with E-state index in [0.717, 1.165) is 12.8 Å². The summed E-state index contributed by atoms with van der Waals surface area (Å²) < 4.78 is 0. The summed E-state index contributed by atoms with van der Waals surface area (Å²) in [7, 11) is 0. The maximum atomic E-state index is 2.54. The Morgan fingerprint density at radius 3 is 1.78 bits per heavy atom. The van der Waals surface area contributed by atoms with Crippen LogP contribution in [0.25, 0.3) is 76.5 Å². The monoisotopic (exact) mass is 620 g/mol. The van der Waals surface area contributed by atoms with E-state index in [1.807, 2.05) is 0 Å². The first-order valence-corrected chi connectivity index (χ1v) is 17.5. The van der Waals surface area contributed by atoms with Gasteiger partial charge in [-0.25, -0.2) is 0 Å². The van der Waals surface area contributed by atoms with Crippen molar-refractivity contribution in [1.29, 1.82) is 0 Å². The van der Waals surface area contributed by atoms with Crippen LogP contribution in [0.15, 0.2) is 170 Å². The van der Waals surface area contributed by atoms with Gasteiger partial charge in [0, 0.05) is 5.41 Å². The lowest BCUT2D eigenvalue weighted by molar-refractivity contribution is 0.626. The molecule has 2 aliphatic carbocycles. The van der Waals surface area contributed by atoms with Crippen LogP contribution < -0.4 is 0 Å². The fourth-order valence-corrected chi connectivity index (χ4v) is 9.61. The van der Waals surface area contributed by atoms with Gasteiger partial charge in [-0.15, -0.1) is 0 Å². The molecule has 0 heteroatoms. The van der Waals surface area contributed by atoms with Gasteiger partial charge < -0.3 is 0 Å². The second kappa shape index (κ2) is 10.0. The molecule has 9 aromatic carbocycles. The summed E-state index contributed by atoms with van der Waals surface area (Å²) in [5.74, 6) is 0. The molecule has 0 aliphatic heterocycles. The van der Waals surface area contributed by atoms with Crippen LogP contribution in [-0.2, 0) is 11.8 Å². The van der Waals surface area contributed by atoms with Gasteiger partial charge in [0.25, 0.3) is 0 Å². The molecule has 1 unspecified atom stereocenters. The summed E-state index contributed by atoms with van der Waals surface area (Å²) in [5.41, 5.74) is 13.7. The van der Waals surface area contributed by atoms with Crippen LogP contribution in [-0.4, -0.2) is 0 Å². The lowest BCUT2D eigenvalue weighted by Gasteiger charge is -2.29. The van der Waals surface area contributed by atoms with Crippen molar-refractivity contribution in [2.75, 3.05) is 0 Å². The van der Waals surface area contributed by atoms with Crippen molar-refractivity contribution in [2.24, 2.45) is 0 Å². The summed E-state index contributed by atoms with van der Waals surface area (Å²) in [5, 5.41) is 10.4. The van der Waals surface area contributed by atoms with Crippen LogP contribution in [0.3, 0.4) is 0 Å². The zero-order chi connectivity index (χ0) is 32.1. The first-order valence-electron chi connectivity index (χ1n) is 17.5. The highest BCUT2D eigenvalue weighted by Gasteiger charge is 2.48. The average molecular weight is 621 g/mol. The maximum Gasteiger partial charge on any atom is 0.0469 e. The highest BCUT2D eigenvalue weighted by atomic mass is 14.5. The summed E-state index contributed by atoms with van der Waals surface area (Å²) in [6, 6.07) is 64.0. The summed E-state index contributed by atoms with van der Waals surface area (Å²) in [6.45, 7) is 0. The van der Waals surface area contributed by atoms with E-state index < -0.39 is 0 Å². The molecular weight excluding hydrogens is 589 g/mol. The molecule has 1 spiro atoms. The van der Waals surface area contributed by atoms with E-state index in [4.69, 9.17) is 0 Å². The van der Waals surface area contributed by atoms with Gasteiger partial charge in [0.2, 0.25) is 0 Å². The van der Waals surface area contributed by atoms with Crippen molar-refractivity contribution >= 4 is 43.1 Å². The van der Waals surface area contributed by atoms with Gasteiger partial charge in [-0.1, -0.05) is 152 Å². The molecule has 11 rings (SSSR count). The predicted octanol–water partition coefficient (Wildman–Crippen LogP) is 12.9. The first-order chi connectivity index (χ1) is 24.3. The molecule has 0 nitrogen and oxygen atoms in total. The standard InChI is InChI=1S/C49H32/c1-3-15-35-31(12-1)14-11-21-36(35)44-29-34-28-43(37-16-4-6-19-41(37)48(34)42-20-7-5-17-38(42)44)33-24-25-40-39-18-8-10-23-46(39)49(47(40)30-33)27-26-32-13-2-9-22-45(32)49/h1-25,28-30H,26-27H2. The van der Waals surface area contributed by atoms with E-state index in [2.05, 4.69) is 170 Å². The lowest BCUT2D eigenvalue weighted by atomic mass is 9.73. The van der Waals surface area contributed by atoms with E-state index in [-0.39, 0.29) is 5.41 Å². The van der Waals surface area contributed by atoms with Crippen LogP contribution in [0, 0.1) is 0 Å². The first kappa shape index (κ1) is 27.0. The topological polar surface area (TPSA) is 0 Å². The molecular formula is C49H32. The fourth-order valence-electron chi connectivity index (χ4n) is 9.61. The molecule has 228 valence electrons. The Morgan fingerprint density at radius 1 is 0.347 bits per heavy atom. The minimum Gasteiger partial charge on any atom is -0.0620 e. The molecule has 0 heterocycles. The van der Waals surface area contributed by atoms with Crippen molar-refractivity contribution in [1.82, 2.24) is 0 Å². The SMILES string of the molecule is c1ccc2c(c1)CCC21c2ccccc2-c2ccc(-c3cc4cc(-c5cccc6ccccc56)c5ccccc5c4c4ccccc34)cc21. The quantitative estimate of drug-likeness (QED) is 0.169. The average Bonchev–Trinajstić information content (AvgIpc) is 3.70. The van der Waals surface area contributed by atoms with E-state index in [1.54, 1.807) is 0 Å². The molecule has 0 radical (unpaired) electrons. The number of aryl methyl sites for hydroxylation is 1. The molecule has 0 N–H and O–H groups in total. The van der Waals surface area contributed by atoms with E-state index in [1.165, 1.54) is 98.7 Å². The Balaban J connectivity index is 1.21. The van der Waals surface area contributed by atoms with Gasteiger partial charge in [-0.2, -0.15) is 0 Å². The van der Waals surface area contributed by atoms with E-state index in [9.17, 15) is 0 Å². The van der Waals surface area contributed by atoms with Crippen LogP contribution in [0.5, 0.6) is 0 Å². The van der Waals surface area contributed by atoms with Crippen LogP contribution in [0.1, 0.15) is 28.7 Å². The largest absolute Gasteiger partial charge is 0.0620 e. The number of hydrogen-bond donors (Lipinski definition) is 0. The molecule has 0 amide bonds. The van der Waals surface area contributed by atoms with Gasteiger partial charge in [0.1, 0.15) is 0 Å². The summed E-state index contributed by atoms with van der Waals surface area (Å²) in [6.07, 6.45) is 2.22. The molecule has 9 aromatic rings. The highest BCUT2D eigenvalue weighted by Crippen LogP contribution is 2.59. The Kier molecular flexibility index (Phi) is 5.52. The Hall–Kier alpha value is -5.98. The number of rotatable bonds is 2. The van der Waals surface area contributed by atoms with Crippen LogP contribution in [0.4, 0.5) is 0 Å². The van der Waals surface area contributed by atoms with Crippen molar-refractivity contribution in [2.45, 2.75) is 18.3 Å². The van der Waals surface area contributed by atoms with Crippen molar-refractivity contribution in [3.8, 4) is 33.4 Å². The number of benzene rings is 9. The third-order valence-corrected chi connectivity index (χ3v) is 11.7. The van der Waals surface area contributed by atoms with Gasteiger partial charge >= 0.3 is 0 Å². The van der Waals surface area contributed by atoms with Crippen LogP contribution in [0.2, 0.25) is 0 Å². The molecule has 2 aliphatic rings. The third kappa shape index (κ3) is 3.64. The Bertz CT molecular complexity index is 2830. The molecule has 1 atom stereocenters. The Labute approximate surface area is 285 Å². The van der Waals surface area contributed by atoms with Gasteiger partial charge in [0.15, 0.2) is 0 Å². The van der Waals surface area contributed by atoms with Gasteiger partial charge in [0.05, 0.1) is 0 Å². The molecule has 0 fully saturated rings. The van der Waals surface area contributed by atoms with Gasteiger partial charge in [-0.3, -0.25) is 0 Å². The molecule has 49 heavy (non-hydrogen) atoms. The minimum absolute atomic E-state index is 0.108. The number of hydrogen-bond acceptors (Lipinski definition) is 0. The zero-order valence-corrected chi connectivity index (χ0v) is 27.1. The minimum atomic E-state index is -0.108. The highest BCUT2D eigenvalue weighted by molar-refractivity contribution is 6.26. The second-order valence-electron chi connectivity index (χ2n) is 13.9. The molecule has 0 saturated heterocycles. The smallest absolute Gasteiger partial charge is 0.0469 e. The van der Waals surface area contributed by atoms with Crippen molar-refractivity contribution in [3.63, 3.8) is 0 Å². The fraction of sp³-hybridized carbons (Fsp3) is 0.0612. The number of fused-ring (bicyclic) bond motifs is 13. The third-order valence-electron chi connectivity index (χ3n) is 11.7. The van der Waals surface area contributed by atoms with E-state index in [0.29, 0.717) is 0 Å².